The number of rotatable bonds is 5. The molecule has 0 aliphatic rings. The molecule has 0 unspecified atom stereocenters. The minimum Gasteiger partial charge on any atom is -0.465 e. The third kappa shape index (κ3) is 4.21. The SMILES string of the molecule is COC(=O)c1cc(NC(=O)c2cc(-c3cccs3)nc3ccccc23)cc(C(=O)OC)c1. The molecule has 0 radical (unpaired) electrons. The molecule has 0 spiro atoms. The van der Waals surface area contributed by atoms with E-state index in [0.717, 1.165) is 4.88 Å². The lowest BCUT2D eigenvalue weighted by Gasteiger charge is -2.12. The number of esters is 2. The number of carbonyl (C=O) groups excluding carboxylic acids is 3. The van der Waals surface area contributed by atoms with Crippen LogP contribution in [0.3, 0.4) is 0 Å². The van der Waals surface area contributed by atoms with Gasteiger partial charge in [0.1, 0.15) is 0 Å². The van der Waals surface area contributed by atoms with Crippen LogP contribution in [-0.4, -0.2) is 37.0 Å². The van der Waals surface area contributed by atoms with Crippen molar-refractivity contribution in [2.45, 2.75) is 0 Å². The normalized spacial score (nSPS) is 10.6. The molecule has 0 aliphatic heterocycles. The maximum atomic E-state index is 13.3. The number of ether oxygens (including phenoxy) is 2. The molecule has 0 saturated heterocycles. The lowest BCUT2D eigenvalue weighted by Crippen LogP contribution is -2.15. The van der Waals surface area contributed by atoms with E-state index in [1.807, 2.05) is 41.8 Å². The highest BCUT2D eigenvalue weighted by atomic mass is 32.1. The molecule has 0 bridgehead atoms. The summed E-state index contributed by atoms with van der Waals surface area (Å²) in [4.78, 5) is 43.0. The summed E-state index contributed by atoms with van der Waals surface area (Å²) in [5.74, 6) is -1.68. The molecule has 4 rings (SSSR count). The van der Waals surface area contributed by atoms with Crippen LogP contribution < -0.4 is 5.32 Å². The number of benzene rings is 2. The number of carbonyl (C=O) groups is 3. The van der Waals surface area contributed by atoms with Crippen molar-refractivity contribution >= 4 is 45.8 Å². The van der Waals surface area contributed by atoms with Crippen LogP contribution in [0.5, 0.6) is 0 Å². The first-order valence-electron chi connectivity index (χ1n) is 9.57. The van der Waals surface area contributed by atoms with E-state index in [9.17, 15) is 14.4 Å². The van der Waals surface area contributed by atoms with Gasteiger partial charge >= 0.3 is 11.9 Å². The molecular formula is C24H18N2O5S. The number of fused-ring (bicyclic) bond motifs is 1. The summed E-state index contributed by atoms with van der Waals surface area (Å²) in [6, 6.07) is 17.2. The van der Waals surface area contributed by atoms with Crippen LogP contribution >= 0.6 is 11.3 Å². The summed E-state index contributed by atoms with van der Waals surface area (Å²) in [6.45, 7) is 0. The Labute approximate surface area is 187 Å². The highest BCUT2D eigenvalue weighted by molar-refractivity contribution is 7.13. The molecule has 0 atom stereocenters. The highest BCUT2D eigenvalue weighted by Gasteiger charge is 2.18. The quantitative estimate of drug-likeness (QED) is 0.443. The first-order chi connectivity index (χ1) is 15.5. The largest absolute Gasteiger partial charge is 0.465 e. The fourth-order valence-corrected chi connectivity index (χ4v) is 3.97. The van der Waals surface area contributed by atoms with Crippen molar-refractivity contribution in [1.29, 1.82) is 0 Å². The van der Waals surface area contributed by atoms with Crippen molar-refractivity contribution in [3.05, 3.63) is 82.7 Å². The number of amides is 1. The lowest BCUT2D eigenvalue weighted by molar-refractivity contribution is 0.0599. The van der Waals surface area contributed by atoms with Crippen molar-refractivity contribution < 1.29 is 23.9 Å². The Hall–Kier alpha value is -4.04. The average Bonchev–Trinajstić information content (AvgIpc) is 3.37. The standard InChI is InChI=1S/C24H18N2O5S/c1-30-23(28)14-10-15(24(29)31-2)12-16(11-14)25-22(27)18-13-20(21-8-5-9-32-21)26-19-7-4-3-6-17(18)19/h3-13H,1-2H3,(H,25,27). The Morgan fingerprint density at radius 3 is 2.19 bits per heavy atom. The second-order valence-corrected chi connectivity index (χ2v) is 7.73. The molecule has 4 aromatic rings. The first kappa shape index (κ1) is 21.2. The van der Waals surface area contributed by atoms with Crippen LogP contribution in [0.1, 0.15) is 31.1 Å². The van der Waals surface area contributed by atoms with Gasteiger partial charge < -0.3 is 14.8 Å². The smallest absolute Gasteiger partial charge is 0.337 e. The van der Waals surface area contributed by atoms with Crippen LogP contribution in [0.2, 0.25) is 0 Å². The molecule has 2 aromatic heterocycles. The van der Waals surface area contributed by atoms with Crippen molar-refractivity contribution in [3.8, 4) is 10.6 Å². The number of nitrogens with one attached hydrogen (secondary N) is 1. The van der Waals surface area contributed by atoms with Gasteiger partial charge in [-0.25, -0.2) is 14.6 Å². The van der Waals surface area contributed by atoms with Crippen molar-refractivity contribution in [2.24, 2.45) is 0 Å². The molecule has 2 heterocycles. The molecule has 32 heavy (non-hydrogen) atoms. The zero-order chi connectivity index (χ0) is 22.7. The molecule has 7 nitrogen and oxygen atoms in total. The zero-order valence-electron chi connectivity index (χ0n) is 17.2. The molecule has 0 saturated carbocycles. The van der Waals surface area contributed by atoms with Gasteiger partial charge in [0, 0.05) is 11.1 Å². The minimum atomic E-state index is -0.638. The van der Waals surface area contributed by atoms with E-state index >= 15 is 0 Å². The van der Waals surface area contributed by atoms with Crippen LogP contribution in [0.15, 0.2) is 66.0 Å². The topological polar surface area (TPSA) is 94.6 Å². The summed E-state index contributed by atoms with van der Waals surface area (Å²) in [5, 5.41) is 5.41. The molecule has 2 aromatic carbocycles. The van der Waals surface area contributed by atoms with E-state index in [1.54, 1.807) is 6.07 Å². The number of hydrogen-bond donors (Lipinski definition) is 1. The van der Waals surface area contributed by atoms with Crippen molar-refractivity contribution in [2.75, 3.05) is 19.5 Å². The minimum absolute atomic E-state index is 0.115. The van der Waals surface area contributed by atoms with Crippen LogP contribution in [0, 0.1) is 0 Å². The average molecular weight is 446 g/mol. The first-order valence-corrected chi connectivity index (χ1v) is 10.4. The molecule has 1 amide bonds. The Bertz CT molecular complexity index is 1300. The number of thiophene rings is 1. The van der Waals surface area contributed by atoms with Gasteiger partial charge in [-0.2, -0.15) is 0 Å². The van der Waals surface area contributed by atoms with Gasteiger partial charge in [-0.15, -0.1) is 11.3 Å². The fraction of sp³-hybridized carbons (Fsp3) is 0.0833. The predicted octanol–water partition coefficient (Wildman–Crippen LogP) is 4.79. The number of nitrogens with zero attached hydrogens (tertiary/aromatic N) is 1. The summed E-state index contributed by atoms with van der Waals surface area (Å²) in [7, 11) is 2.47. The number of hydrogen-bond acceptors (Lipinski definition) is 7. The summed E-state index contributed by atoms with van der Waals surface area (Å²) >= 11 is 1.53. The van der Waals surface area contributed by atoms with Gasteiger partial charge in [0.05, 0.1) is 47.0 Å². The van der Waals surface area contributed by atoms with Gasteiger partial charge in [0.15, 0.2) is 0 Å². The van der Waals surface area contributed by atoms with Crippen molar-refractivity contribution in [3.63, 3.8) is 0 Å². The van der Waals surface area contributed by atoms with Gasteiger partial charge in [0.2, 0.25) is 0 Å². The van der Waals surface area contributed by atoms with E-state index in [4.69, 9.17) is 9.47 Å². The third-order valence-corrected chi connectivity index (χ3v) is 5.66. The Balaban J connectivity index is 1.77. The number of methoxy groups -OCH3 is 2. The Kier molecular flexibility index (Phi) is 5.96. The van der Waals surface area contributed by atoms with E-state index in [0.29, 0.717) is 22.2 Å². The zero-order valence-corrected chi connectivity index (χ0v) is 18.1. The van der Waals surface area contributed by atoms with E-state index < -0.39 is 17.8 Å². The lowest BCUT2D eigenvalue weighted by atomic mass is 10.1. The Morgan fingerprint density at radius 1 is 0.875 bits per heavy atom. The maximum Gasteiger partial charge on any atom is 0.337 e. The van der Waals surface area contributed by atoms with Crippen LogP contribution in [-0.2, 0) is 9.47 Å². The number of para-hydroxylation sites is 1. The second-order valence-electron chi connectivity index (χ2n) is 6.79. The monoisotopic (exact) mass is 446 g/mol. The van der Waals surface area contributed by atoms with Gasteiger partial charge in [-0.05, 0) is 41.8 Å². The van der Waals surface area contributed by atoms with E-state index in [2.05, 4.69) is 10.3 Å². The van der Waals surface area contributed by atoms with Gasteiger partial charge in [0.25, 0.3) is 5.91 Å². The highest BCUT2D eigenvalue weighted by Crippen LogP contribution is 2.28. The molecule has 8 heteroatoms. The summed E-state index contributed by atoms with van der Waals surface area (Å²) < 4.78 is 9.51. The van der Waals surface area contributed by atoms with E-state index in [-0.39, 0.29) is 16.8 Å². The summed E-state index contributed by atoms with van der Waals surface area (Å²) in [6.07, 6.45) is 0. The van der Waals surface area contributed by atoms with Gasteiger partial charge in [-0.3, -0.25) is 4.79 Å². The second kappa shape index (κ2) is 8.99. The summed E-state index contributed by atoms with van der Waals surface area (Å²) in [5.41, 5.74) is 2.28. The fourth-order valence-electron chi connectivity index (χ4n) is 3.28. The third-order valence-electron chi connectivity index (χ3n) is 4.77. The Morgan fingerprint density at radius 2 is 1.56 bits per heavy atom. The van der Waals surface area contributed by atoms with Crippen LogP contribution in [0.25, 0.3) is 21.5 Å². The number of aromatic nitrogens is 1. The molecule has 160 valence electrons. The predicted molar refractivity (Wildman–Crippen MR) is 122 cm³/mol. The number of anilines is 1. The van der Waals surface area contributed by atoms with E-state index in [1.165, 1.54) is 43.8 Å². The van der Waals surface area contributed by atoms with Crippen molar-refractivity contribution in [1.82, 2.24) is 4.98 Å². The molecule has 0 fully saturated rings. The molecule has 0 aliphatic carbocycles. The molecular weight excluding hydrogens is 428 g/mol. The van der Waals surface area contributed by atoms with Crippen LogP contribution in [0.4, 0.5) is 5.69 Å². The number of pyridine rings is 1. The molecule has 1 N–H and O–H groups in total. The maximum absolute atomic E-state index is 13.3. The van der Waals surface area contributed by atoms with Gasteiger partial charge in [-0.1, -0.05) is 24.3 Å².